The standard InChI is InChI=1S/C4H6O2S2/c1-2(7)3(8)4(5)6/h3,8H,1H3,(H,5,6). The highest BCUT2D eigenvalue weighted by atomic mass is 32.1. The fourth-order valence-electron chi connectivity index (χ4n) is 0.174. The summed E-state index contributed by atoms with van der Waals surface area (Å²) in [4.78, 5) is 10.4. The lowest BCUT2D eigenvalue weighted by molar-refractivity contribution is -0.135. The van der Waals surface area contributed by atoms with Gasteiger partial charge in [0.05, 0.1) is 0 Å². The number of hydrogen-bond donors (Lipinski definition) is 2. The van der Waals surface area contributed by atoms with Gasteiger partial charge in [0.25, 0.3) is 0 Å². The molecule has 0 aromatic heterocycles. The van der Waals surface area contributed by atoms with E-state index in [4.69, 9.17) is 5.11 Å². The average molecular weight is 150 g/mol. The van der Waals surface area contributed by atoms with Crippen molar-refractivity contribution in [2.24, 2.45) is 0 Å². The van der Waals surface area contributed by atoms with Crippen LogP contribution in [-0.4, -0.2) is 21.2 Å². The van der Waals surface area contributed by atoms with Crippen LogP contribution in [0, 0.1) is 0 Å². The topological polar surface area (TPSA) is 37.3 Å². The van der Waals surface area contributed by atoms with Gasteiger partial charge in [-0.05, 0) is 6.92 Å². The lowest BCUT2D eigenvalue weighted by Crippen LogP contribution is -2.19. The second-order valence-corrected chi connectivity index (χ2v) is 2.51. The molecule has 0 radical (unpaired) electrons. The van der Waals surface area contributed by atoms with Gasteiger partial charge in [0.15, 0.2) is 0 Å². The highest BCUT2D eigenvalue weighted by Gasteiger charge is 2.12. The number of hydrogen-bond acceptors (Lipinski definition) is 3. The van der Waals surface area contributed by atoms with Gasteiger partial charge < -0.3 is 5.11 Å². The molecule has 1 atom stereocenters. The Morgan fingerprint density at radius 2 is 2.25 bits per heavy atom. The number of carbonyl (C=O) groups is 1. The quantitative estimate of drug-likeness (QED) is 0.451. The molecule has 2 nitrogen and oxygen atoms in total. The van der Waals surface area contributed by atoms with Gasteiger partial charge in [-0.25, -0.2) is 0 Å². The fraction of sp³-hybridized carbons (Fsp3) is 0.500. The predicted octanol–water partition coefficient (Wildman–Crippen LogP) is 0.759. The molecular formula is C4H6O2S2. The molecule has 1 unspecified atom stereocenters. The minimum absolute atomic E-state index is 0.390. The summed E-state index contributed by atoms with van der Waals surface area (Å²) in [6, 6.07) is 0. The summed E-state index contributed by atoms with van der Waals surface area (Å²) in [6.45, 7) is 1.56. The Bertz CT molecular complexity index is 107. The minimum atomic E-state index is -0.985. The molecule has 0 aromatic carbocycles. The highest BCUT2D eigenvalue weighted by molar-refractivity contribution is 7.87. The van der Waals surface area contributed by atoms with Crippen molar-refractivity contribution in [2.75, 3.05) is 0 Å². The van der Waals surface area contributed by atoms with Crippen molar-refractivity contribution in [3.63, 3.8) is 0 Å². The highest BCUT2D eigenvalue weighted by Crippen LogP contribution is 1.97. The molecule has 1 N–H and O–H groups in total. The molecule has 0 saturated heterocycles. The Labute approximate surface area is 58.3 Å². The zero-order chi connectivity index (χ0) is 6.73. The van der Waals surface area contributed by atoms with Gasteiger partial charge in [0, 0.05) is 4.86 Å². The summed E-state index contributed by atoms with van der Waals surface area (Å²) in [6.07, 6.45) is 0. The summed E-state index contributed by atoms with van der Waals surface area (Å²) in [5.74, 6) is -0.985. The van der Waals surface area contributed by atoms with E-state index in [1.54, 1.807) is 6.92 Å². The first-order valence-corrected chi connectivity index (χ1v) is 2.89. The fourth-order valence-corrected chi connectivity index (χ4v) is 0.275. The second kappa shape index (κ2) is 3.04. The first-order valence-electron chi connectivity index (χ1n) is 1.97. The summed E-state index contributed by atoms with van der Waals surface area (Å²) in [5.41, 5.74) is 0. The van der Waals surface area contributed by atoms with E-state index < -0.39 is 11.2 Å². The smallest absolute Gasteiger partial charge is 0.321 e. The Hall–Kier alpha value is -0.0900. The van der Waals surface area contributed by atoms with Gasteiger partial charge in [-0.15, -0.1) is 0 Å². The normalized spacial score (nSPS) is 12.8. The lowest BCUT2D eigenvalue weighted by Gasteiger charge is -1.98. The molecule has 0 aliphatic heterocycles. The van der Waals surface area contributed by atoms with Crippen molar-refractivity contribution in [3.05, 3.63) is 0 Å². The van der Waals surface area contributed by atoms with Crippen molar-refractivity contribution < 1.29 is 9.90 Å². The van der Waals surface area contributed by atoms with Gasteiger partial charge in [-0.2, -0.15) is 12.6 Å². The van der Waals surface area contributed by atoms with Crippen LogP contribution in [0.2, 0.25) is 0 Å². The van der Waals surface area contributed by atoms with Gasteiger partial charge in [-0.1, -0.05) is 12.2 Å². The van der Waals surface area contributed by atoms with Crippen LogP contribution in [0.4, 0.5) is 0 Å². The summed E-state index contributed by atoms with van der Waals surface area (Å²) >= 11 is 8.22. The summed E-state index contributed by atoms with van der Waals surface area (Å²) in [7, 11) is 0. The van der Waals surface area contributed by atoms with Crippen molar-refractivity contribution in [1.29, 1.82) is 0 Å². The average Bonchev–Trinajstić information content (AvgIpc) is 1.64. The molecule has 0 heterocycles. The first kappa shape index (κ1) is 7.91. The molecule has 0 aliphatic rings. The largest absolute Gasteiger partial charge is 0.480 e. The molecule has 8 heavy (non-hydrogen) atoms. The lowest BCUT2D eigenvalue weighted by atomic mass is 10.3. The number of carboxylic acids is 1. The van der Waals surface area contributed by atoms with Crippen LogP contribution in [-0.2, 0) is 4.79 Å². The second-order valence-electron chi connectivity index (χ2n) is 1.35. The number of thiocarbonyl (C=S) groups is 1. The Balaban J connectivity index is 3.83. The zero-order valence-corrected chi connectivity index (χ0v) is 6.00. The van der Waals surface area contributed by atoms with E-state index in [1.165, 1.54) is 0 Å². The van der Waals surface area contributed by atoms with Crippen LogP contribution in [0.1, 0.15) is 6.92 Å². The molecule has 46 valence electrons. The number of carboxylic acid groups (broad SMARTS) is 1. The SMILES string of the molecule is CC(=S)C(S)C(=O)O. The van der Waals surface area contributed by atoms with Crippen LogP contribution < -0.4 is 0 Å². The Kier molecular flexibility index (Phi) is 3.01. The maximum absolute atomic E-state index is 9.98. The molecular weight excluding hydrogens is 144 g/mol. The summed E-state index contributed by atoms with van der Waals surface area (Å²) < 4.78 is 0. The third-order valence-corrected chi connectivity index (χ3v) is 1.64. The van der Waals surface area contributed by atoms with Crippen molar-refractivity contribution >= 4 is 35.7 Å². The molecule has 0 aliphatic carbocycles. The van der Waals surface area contributed by atoms with Crippen molar-refractivity contribution in [2.45, 2.75) is 12.2 Å². The van der Waals surface area contributed by atoms with Gasteiger partial charge in [0.1, 0.15) is 5.25 Å². The van der Waals surface area contributed by atoms with Gasteiger partial charge in [-0.3, -0.25) is 4.79 Å². The molecule has 0 spiro atoms. The van der Waals surface area contributed by atoms with E-state index in [-0.39, 0.29) is 0 Å². The molecule has 0 aromatic rings. The van der Waals surface area contributed by atoms with E-state index in [0.29, 0.717) is 4.86 Å². The molecule has 0 amide bonds. The van der Waals surface area contributed by atoms with E-state index in [9.17, 15) is 4.79 Å². The zero-order valence-electron chi connectivity index (χ0n) is 4.29. The number of aliphatic carboxylic acids is 1. The van der Waals surface area contributed by atoms with Crippen LogP contribution >= 0.6 is 24.8 Å². The van der Waals surface area contributed by atoms with Crippen LogP contribution in [0.5, 0.6) is 0 Å². The van der Waals surface area contributed by atoms with E-state index in [2.05, 4.69) is 24.8 Å². The minimum Gasteiger partial charge on any atom is -0.480 e. The predicted molar refractivity (Wildman–Crippen MR) is 38.7 cm³/mol. The van der Waals surface area contributed by atoms with Crippen molar-refractivity contribution in [1.82, 2.24) is 0 Å². The maximum Gasteiger partial charge on any atom is 0.321 e. The van der Waals surface area contributed by atoms with E-state index in [0.717, 1.165) is 0 Å². The Morgan fingerprint density at radius 3 is 2.25 bits per heavy atom. The van der Waals surface area contributed by atoms with Gasteiger partial charge in [0.2, 0.25) is 0 Å². The molecule has 0 fully saturated rings. The number of thiol groups is 1. The van der Waals surface area contributed by atoms with Gasteiger partial charge >= 0.3 is 5.97 Å². The molecule has 0 rings (SSSR count). The van der Waals surface area contributed by atoms with Crippen molar-refractivity contribution in [3.8, 4) is 0 Å². The van der Waals surface area contributed by atoms with E-state index >= 15 is 0 Å². The monoisotopic (exact) mass is 150 g/mol. The molecule has 0 saturated carbocycles. The van der Waals surface area contributed by atoms with Crippen LogP contribution in [0.3, 0.4) is 0 Å². The number of rotatable bonds is 2. The van der Waals surface area contributed by atoms with Crippen LogP contribution in [0.25, 0.3) is 0 Å². The van der Waals surface area contributed by atoms with Crippen LogP contribution in [0.15, 0.2) is 0 Å². The first-order chi connectivity index (χ1) is 3.55. The summed E-state index contributed by atoms with van der Waals surface area (Å²) in [5, 5.41) is 7.40. The third kappa shape index (κ3) is 2.28. The Morgan fingerprint density at radius 1 is 1.88 bits per heavy atom. The van der Waals surface area contributed by atoms with E-state index in [1.807, 2.05) is 0 Å². The maximum atomic E-state index is 9.98. The molecule has 4 heteroatoms. The molecule has 0 bridgehead atoms. The third-order valence-electron chi connectivity index (χ3n) is 0.619.